The van der Waals surface area contributed by atoms with Crippen LogP contribution in [0.3, 0.4) is 0 Å². The number of rotatable bonds is 22. The molecule has 14 heteroatoms. The number of nitrogens with one attached hydrogen (secondary N) is 4. The van der Waals surface area contributed by atoms with Crippen LogP contribution in [0.15, 0.2) is 121 Å². The van der Waals surface area contributed by atoms with E-state index < -0.39 is 11.4 Å². The van der Waals surface area contributed by atoms with Crippen LogP contribution < -0.4 is 59.2 Å². The molecular weight excluding hydrogens is 781 g/mol. The Morgan fingerprint density at radius 1 is 0.426 bits per heavy atom. The summed E-state index contributed by atoms with van der Waals surface area (Å²) < 4.78 is 57.8. The van der Waals surface area contributed by atoms with Crippen LogP contribution in [0, 0.1) is 0 Å². The molecule has 2 aliphatic rings. The molecule has 14 nitrogen and oxygen atoms in total. The second kappa shape index (κ2) is 20.6. The molecule has 4 N–H and O–H groups in total. The summed E-state index contributed by atoms with van der Waals surface area (Å²) >= 11 is 0. The largest absolute Gasteiger partial charge is 0.497 e. The number of methoxy groups -OCH3 is 8. The lowest BCUT2D eigenvalue weighted by Crippen LogP contribution is -2.42. The molecule has 0 spiro atoms. The van der Waals surface area contributed by atoms with Gasteiger partial charge in [0, 0.05) is 48.5 Å². The first-order valence-corrected chi connectivity index (χ1v) is 19.8. The van der Waals surface area contributed by atoms with Crippen molar-refractivity contribution in [2.45, 2.75) is 30.7 Å². The summed E-state index contributed by atoms with van der Waals surface area (Å²) in [6.07, 6.45) is 13.7. The van der Waals surface area contributed by atoms with Gasteiger partial charge < -0.3 is 68.6 Å². The Morgan fingerprint density at radius 2 is 0.754 bits per heavy atom. The van der Waals surface area contributed by atoms with E-state index in [4.69, 9.17) is 47.4 Å². The smallest absolute Gasteiger partial charge is 0.161 e. The highest BCUT2D eigenvalue weighted by Gasteiger charge is 2.33. The zero-order valence-corrected chi connectivity index (χ0v) is 36.0. The van der Waals surface area contributed by atoms with E-state index in [2.05, 4.69) is 33.4 Å². The van der Waals surface area contributed by atoms with Crippen LogP contribution in [0.4, 0.5) is 22.7 Å². The van der Waals surface area contributed by atoms with Gasteiger partial charge >= 0.3 is 0 Å². The van der Waals surface area contributed by atoms with E-state index >= 15 is 0 Å². The van der Waals surface area contributed by atoms with Gasteiger partial charge in [0.05, 0.1) is 92.8 Å². The number of allylic oxidation sites excluding steroid dienone is 2. The maximum Gasteiger partial charge on any atom is 0.161 e. The minimum Gasteiger partial charge on any atom is -0.497 e. The van der Waals surface area contributed by atoms with E-state index in [1.165, 1.54) is 0 Å². The second-order valence-corrected chi connectivity index (χ2v) is 14.0. The fraction of sp³-hybridized carbons (Fsp3) is 0.319. The summed E-state index contributed by atoms with van der Waals surface area (Å²) in [5.41, 5.74) is 3.04. The van der Waals surface area contributed by atoms with Gasteiger partial charge in [0.25, 0.3) is 0 Å². The minimum absolute atomic E-state index is 0.365. The number of hydrogen-bond donors (Lipinski definition) is 4. The summed E-state index contributed by atoms with van der Waals surface area (Å²) in [6.45, 7) is 0.731. The molecule has 0 bridgehead atoms. The summed E-state index contributed by atoms with van der Waals surface area (Å²) in [6, 6.07) is 22.5. The number of ether oxygens (including phenoxy) is 10. The molecule has 0 heterocycles. The number of benzene rings is 4. The van der Waals surface area contributed by atoms with E-state index in [9.17, 15) is 0 Å². The van der Waals surface area contributed by atoms with Gasteiger partial charge in [-0.15, -0.1) is 0 Å². The molecule has 324 valence electrons. The average molecular weight is 837 g/mol. The maximum atomic E-state index is 6.74. The van der Waals surface area contributed by atoms with Crippen molar-refractivity contribution in [3.63, 3.8) is 0 Å². The van der Waals surface area contributed by atoms with Crippen molar-refractivity contribution >= 4 is 22.7 Å². The average Bonchev–Trinajstić information content (AvgIpc) is 3.30. The van der Waals surface area contributed by atoms with Crippen molar-refractivity contribution in [2.75, 3.05) is 91.4 Å². The first-order chi connectivity index (χ1) is 29.7. The highest BCUT2D eigenvalue weighted by molar-refractivity contribution is 5.66. The topological polar surface area (TPSA) is 140 Å². The third-order valence-corrected chi connectivity index (χ3v) is 10.2. The lowest BCUT2D eigenvalue weighted by molar-refractivity contribution is -0.0245. The molecule has 61 heavy (non-hydrogen) atoms. The van der Waals surface area contributed by atoms with Gasteiger partial charge in [-0.2, -0.15) is 0 Å². The summed E-state index contributed by atoms with van der Waals surface area (Å²) in [7, 11) is 13.0. The van der Waals surface area contributed by atoms with Gasteiger partial charge in [-0.1, -0.05) is 12.2 Å². The van der Waals surface area contributed by atoms with Gasteiger partial charge in [0.2, 0.25) is 0 Å². The summed E-state index contributed by atoms with van der Waals surface area (Å²) in [4.78, 5) is 0. The van der Waals surface area contributed by atoms with Gasteiger partial charge in [0.1, 0.15) is 46.0 Å². The van der Waals surface area contributed by atoms with Crippen molar-refractivity contribution in [3.05, 3.63) is 121 Å². The number of hydrogen-bond acceptors (Lipinski definition) is 14. The van der Waals surface area contributed by atoms with E-state index in [0.717, 1.165) is 34.1 Å². The molecule has 0 radical (unpaired) electrons. The Kier molecular flexibility index (Phi) is 14.8. The molecule has 2 unspecified atom stereocenters. The van der Waals surface area contributed by atoms with Crippen LogP contribution in [0.2, 0.25) is 0 Å². The van der Waals surface area contributed by atoms with E-state index in [0.29, 0.717) is 78.5 Å². The zero-order valence-electron chi connectivity index (χ0n) is 36.0. The molecule has 2 atom stereocenters. The van der Waals surface area contributed by atoms with E-state index in [-0.39, 0.29) is 0 Å². The predicted molar refractivity (Wildman–Crippen MR) is 238 cm³/mol. The normalized spacial score (nSPS) is 17.9. The third kappa shape index (κ3) is 11.0. The zero-order chi connectivity index (χ0) is 43.2. The summed E-state index contributed by atoms with van der Waals surface area (Å²) in [5.74, 6) is 5.33. The van der Waals surface area contributed by atoms with E-state index in [1.807, 2.05) is 97.1 Å². The third-order valence-electron chi connectivity index (χ3n) is 10.2. The van der Waals surface area contributed by atoms with E-state index in [1.54, 1.807) is 56.9 Å². The predicted octanol–water partition coefficient (Wildman–Crippen LogP) is 9.01. The highest BCUT2D eigenvalue weighted by Crippen LogP contribution is 2.38. The van der Waals surface area contributed by atoms with Crippen LogP contribution in [0.1, 0.15) is 19.3 Å². The lowest BCUT2D eigenvalue weighted by Gasteiger charge is -2.36. The first-order valence-electron chi connectivity index (χ1n) is 19.8. The Morgan fingerprint density at radius 3 is 1.05 bits per heavy atom. The molecule has 0 amide bonds. The van der Waals surface area contributed by atoms with Crippen molar-refractivity contribution in [2.24, 2.45) is 0 Å². The molecular formula is C47H56N4O10. The molecule has 6 rings (SSSR count). The molecule has 2 aliphatic carbocycles. The molecule has 4 aromatic rings. The van der Waals surface area contributed by atoms with Crippen LogP contribution in [0.5, 0.6) is 46.0 Å². The Balaban J connectivity index is 1.18. The minimum atomic E-state index is -0.917. The van der Waals surface area contributed by atoms with Crippen LogP contribution in [0.25, 0.3) is 0 Å². The molecule has 0 fully saturated rings. The van der Waals surface area contributed by atoms with Crippen molar-refractivity contribution in [3.8, 4) is 46.0 Å². The van der Waals surface area contributed by atoms with Crippen LogP contribution >= 0.6 is 0 Å². The Hall–Kier alpha value is -6.64. The van der Waals surface area contributed by atoms with Gasteiger partial charge in [-0.3, -0.25) is 0 Å². The Bertz CT molecular complexity index is 2090. The van der Waals surface area contributed by atoms with Crippen molar-refractivity contribution in [1.82, 2.24) is 0 Å². The van der Waals surface area contributed by atoms with Crippen LogP contribution in [-0.2, 0) is 9.47 Å². The van der Waals surface area contributed by atoms with Gasteiger partial charge in [-0.05, 0) is 79.3 Å². The SMILES string of the molecule is COc1ccc(NC2=CCC(Nc3ccc(OC)cc3OC)(OCCCOC3(Nc4ccc(OC)cc4OC)C=CC(Nc4ccc(OC)cc4OC)=CC3)C=C2)c(OC)c1. The van der Waals surface area contributed by atoms with Crippen molar-refractivity contribution < 1.29 is 47.4 Å². The molecule has 4 aromatic carbocycles. The lowest BCUT2D eigenvalue weighted by atomic mass is 10.0. The van der Waals surface area contributed by atoms with Gasteiger partial charge in [0.15, 0.2) is 11.4 Å². The fourth-order valence-electron chi connectivity index (χ4n) is 6.84. The monoisotopic (exact) mass is 836 g/mol. The fourth-order valence-corrected chi connectivity index (χ4v) is 6.84. The highest BCUT2D eigenvalue weighted by atomic mass is 16.5. The van der Waals surface area contributed by atoms with Gasteiger partial charge in [-0.25, -0.2) is 0 Å². The standard InChI is InChI=1S/C47H56N4O10/c1-52-34-10-14-38(42(28-34)56-5)48-32-18-22-46(23-19-32,50-40-16-12-36(54-3)30-44(40)58-7)60-26-9-27-61-47(51-41-17-13-37(55-4)31-45(41)59-8)24-20-33(21-25-47)49-39-15-11-35(53-2)29-43(39)57-6/h10-22,24,28-31,48-51H,9,23,25-27H2,1-8H3. The first kappa shape index (κ1) is 43.9. The second-order valence-electron chi connectivity index (χ2n) is 14.0. The maximum absolute atomic E-state index is 6.74. The molecule has 0 saturated carbocycles. The number of anilines is 4. The summed E-state index contributed by atoms with van der Waals surface area (Å²) in [5, 5.41) is 14.2. The quantitative estimate of drug-likeness (QED) is 0.0442. The molecule has 0 aromatic heterocycles. The van der Waals surface area contributed by atoms with Crippen molar-refractivity contribution in [1.29, 1.82) is 0 Å². The van der Waals surface area contributed by atoms with Crippen LogP contribution in [-0.4, -0.2) is 81.5 Å². The molecule has 0 saturated heterocycles. The molecule has 0 aliphatic heterocycles. The Labute approximate surface area is 358 Å².